The van der Waals surface area contributed by atoms with Gasteiger partial charge in [-0.1, -0.05) is 18.2 Å². The van der Waals surface area contributed by atoms with Crippen LogP contribution in [-0.4, -0.2) is 18.1 Å². The highest BCUT2D eigenvalue weighted by Gasteiger charge is 2.03. The molecule has 0 unspecified atom stereocenters. The van der Waals surface area contributed by atoms with E-state index in [9.17, 15) is 0 Å². The lowest BCUT2D eigenvalue weighted by atomic mass is 10.2. The molecule has 0 fully saturated rings. The first-order valence-electron chi connectivity index (χ1n) is 6.02. The van der Waals surface area contributed by atoms with Crippen molar-refractivity contribution in [2.45, 2.75) is 6.54 Å². The van der Waals surface area contributed by atoms with Gasteiger partial charge in [-0.25, -0.2) is 4.98 Å². The van der Waals surface area contributed by atoms with Crippen LogP contribution in [0.1, 0.15) is 5.56 Å². The Morgan fingerprint density at radius 2 is 2.10 bits per heavy atom. The summed E-state index contributed by atoms with van der Waals surface area (Å²) >= 11 is 2.19. The fraction of sp³-hybridized carbons (Fsp3) is 0.143. The molecule has 0 aliphatic carbocycles. The monoisotopic (exact) mass is 382 g/mol. The van der Waals surface area contributed by atoms with Gasteiger partial charge in [0.25, 0.3) is 0 Å². The number of nitrogens with one attached hydrogen (secondary N) is 3. The van der Waals surface area contributed by atoms with E-state index in [1.54, 1.807) is 13.3 Å². The highest BCUT2D eigenvalue weighted by atomic mass is 127. The number of anilines is 1. The summed E-state index contributed by atoms with van der Waals surface area (Å²) in [4.78, 5) is 4.18. The molecule has 0 saturated heterocycles. The third kappa shape index (κ3) is 4.09. The van der Waals surface area contributed by atoms with Crippen LogP contribution in [0.3, 0.4) is 0 Å². The van der Waals surface area contributed by atoms with Gasteiger partial charge in [-0.15, -0.1) is 0 Å². The Bertz CT molecular complexity index is 586. The summed E-state index contributed by atoms with van der Waals surface area (Å²) in [6, 6.07) is 11.5. The topological polar surface area (TPSA) is 70.0 Å². The van der Waals surface area contributed by atoms with Crippen LogP contribution < -0.4 is 15.4 Å². The van der Waals surface area contributed by atoms with Gasteiger partial charge in [-0.05, 0) is 40.8 Å². The molecule has 0 bridgehead atoms. The summed E-state index contributed by atoms with van der Waals surface area (Å²) in [6.45, 7) is 0.514. The minimum atomic E-state index is 0.199. The number of para-hydroxylation sites is 1. The molecule has 1 aromatic heterocycles. The van der Waals surface area contributed by atoms with Crippen molar-refractivity contribution >= 4 is 34.4 Å². The maximum absolute atomic E-state index is 7.85. The van der Waals surface area contributed by atoms with Crippen LogP contribution in [0, 0.1) is 8.98 Å². The molecule has 0 radical (unpaired) electrons. The molecule has 0 aliphatic heterocycles. The Labute approximate surface area is 131 Å². The van der Waals surface area contributed by atoms with E-state index in [0.29, 0.717) is 12.4 Å². The molecule has 5 nitrogen and oxygen atoms in total. The van der Waals surface area contributed by atoms with Crippen molar-refractivity contribution in [1.82, 2.24) is 10.3 Å². The Balaban J connectivity index is 1.90. The first-order chi connectivity index (χ1) is 9.69. The molecular formula is C14H15IN4O. The van der Waals surface area contributed by atoms with Crippen molar-refractivity contribution < 1.29 is 4.74 Å². The van der Waals surface area contributed by atoms with E-state index in [1.807, 2.05) is 36.4 Å². The van der Waals surface area contributed by atoms with Crippen molar-refractivity contribution in [2.24, 2.45) is 0 Å². The minimum Gasteiger partial charge on any atom is -0.496 e. The fourth-order valence-electron chi connectivity index (χ4n) is 1.65. The van der Waals surface area contributed by atoms with E-state index < -0.39 is 0 Å². The molecule has 0 amide bonds. The number of pyridine rings is 1. The minimum absolute atomic E-state index is 0.199. The summed E-state index contributed by atoms with van der Waals surface area (Å²) in [6.07, 6.45) is 1.75. The molecule has 20 heavy (non-hydrogen) atoms. The molecule has 6 heteroatoms. The smallest absolute Gasteiger partial charge is 0.194 e. The highest BCUT2D eigenvalue weighted by molar-refractivity contribution is 14.1. The van der Waals surface area contributed by atoms with Crippen LogP contribution in [-0.2, 0) is 6.54 Å². The number of aromatic nitrogens is 1. The van der Waals surface area contributed by atoms with Crippen molar-refractivity contribution in [3.63, 3.8) is 0 Å². The quantitative estimate of drug-likeness (QED) is 0.432. The average molecular weight is 382 g/mol. The molecule has 1 aromatic carbocycles. The van der Waals surface area contributed by atoms with Crippen LogP contribution >= 0.6 is 22.6 Å². The molecule has 0 aliphatic rings. The Morgan fingerprint density at radius 1 is 1.30 bits per heavy atom. The zero-order chi connectivity index (χ0) is 14.4. The highest BCUT2D eigenvalue weighted by Crippen LogP contribution is 2.16. The lowest BCUT2D eigenvalue weighted by Crippen LogP contribution is -2.29. The summed E-state index contributed by atoms with van der Waals surface area (Å²) in [5, 5.41) is 13.7. The first kappa shape index (κ1) is 14.6. The number of methoxy groups -OCH3 is 1. The Morgan fingerprint density at radius 3 is 2.80 bits per heavy atom. The lowest BCUT2D eigenvalue weighted by molar-refractivity contribution is 0.409. The van der Waals surface area contributed by atoms with E-state index in [0.717, 1.165) is 14.9 Å². The van der Waals surface area contributed by atoms with Crippen LogP contribution in [0.15, 0.2) is 42.6 Å². The maximum Gasteiger partial charge on any atom is 0.194 e. The second-order valence-corrected chi connectivity index (χ2v) is 5.27. The zero-order valence-corrected chi connectivity index (χ0v) is 13.1. The van der Waals surface area contributed by atoms with Crippen molar-refractivity contribution in [3.05, 3.63) is 51.7 Å². The zero-order valence-electron chi connectivity index (χ0n) is 11.0. The number of nitrogens with zero attached hydrogens (tertiary/aromatic N) is 1. The number of halogens is 1. The third-order valence-corrected chi connectivity index (χ3v) is 3.27. The number of hydrogen-bond acceptors (Lipinski definition) is 3. The SMILES string of the molecule is COc1ccccc1CNC(=N)Nc1ccc(I)cn1. The lowest BCUT2D eigenvalue weighted by Gasteiger charge is -2.12. The molecule has 0 spiro atoms. The average Bonchev–Trinajstić information content (AvgIpc) is 2.48. The summed E-state index contributed by atoms with van der Waals surface area (Å²) in [7, 11) is 1.64. The van der Waals surface area contributed by atoms with Gasteiger partial charge in [0.15, 0.2) is 5.96 Å². The van der Waals surface area contributed by atoms with Crippen LogP contribution in [0.2, 0.25) is 0 Å². The van der Waals surface area contributed by atoms with E-state index in [1.165, 1.54) is 0 Å². The summed E-state index contributed by atoms with van der Waals surface area (Å²) in [5.41, 5.74) is 0.997. The van der Waals surface area contributed by atoms with Gasteiger partial charge in [0.05, 0.1) is 7.11 Å². The second-order valence-electron chi connectivity index (χ2n) is 4.03. The van der Waals surface area contributed by atoms with Gasteiger partial charge < -0.3 is 15.4 Å². The van der Waals surface area contributed by atoms with Crippen molar-refractivity contribution in [2.75, 3.05) is 12.4 Å². The van der Waals surface area contributed by atoms with Gasteiger partial charge in [0.1, 0.15) is 11.6 Å². The van der Waals surface area contributed by atoms with Crippen molar-refractivity contribution in [1.29, 1.82) is 5.41 Å². The van der Waals surface area contributed by atoms with E-state index >= 15 is 0 Å². The number of benzene rings is 1. The maximum atomic E-state index is 7.85. The number of guanidine groups is 1. The van der Waals surface area contributed by atoms with Gasteiger partial charge in [-0.2, -0.15) is 0 Å². The van der Waals surface area contributed by atoms with Crippen LogP contribution in [0.4, 0.5) is 5.82 Å². The van der Waals surface area contributed by atoms with Gasteiger partial charge in [0.2, 0.25) is 0 Å². The van der Waals surface area contributed by atoms with Crippen LogP contribution in [0.25, 0.3) is 0 Å². The van der Waals surface area contributed by atoms with E-state index in [2.05, 4.69) is 38.2 Å². The summed E-state index contributed by atoms with van der Waals surface area (Å²) < 4.78 is 6.32. The second kappa shape index (κ2) is 7.09. The normalized spacial score (nSPS) is 9.90. The number of hydrogen-bond donors (Lipinski definition) is 3. The Kier molecular flexibility index (Phi) is 5.16. The molecule has 0 atom stereocenters. The van der Waals surface area contributed by atoms with Gasteiger partial charge >= 0.3 is 0 Å². The van der Waals surface area contributed by atoms with Gasteiger partial charge in [-0.3, -0.25) is 5.41 Å². The molecular weight excluding hydrogens is 367 g/mol. The third-order valence-electron chi connectivity index (χ3n) is 2.63. The summed E-state index contributed by atoms with van der Waals surface area (Å²) in [5.74, 6) is 1.65. The van der Waals surface area contributed by atoms with E-state index in [-0.39, 0.29) is 5.96 Å². The largest absolute Gasteiger partial charge is 0.496 e. The molecule has 3 N–H and O–H groups in total. The molecule has 2 rings (SSSR count). The molecule has 2 aromatic rings. The molecule has 0 saturated carbocycles. The standard InChI is InChI=1S/C14H15IN4O/c1-20-12-5-3-2-4-10(12)8-18-14(16)19-13-7-6-11(15)9-17-13/h2-7,9H,8H2,1H3,(H3,16,17,18,19). The van der Waals surface area contributed by atoms with Crippen molar-refractivity contribution in [3.8, 4) is 5.75 Å². The fourth-order valence-corrected chi connectivity index (χ4v) is 1.97. The first-order valence-corrected chi connectivity index (χ1v) is 7.10. The predicted molar refractivity (Wildman–Crippen MR) is 88.1 cm³/mol. The molecule has 1 heterocycles. The van der Waals surface area contributed by atoms with Crippen LogP contribution in [0.5, 0.6) is 5.75 Å². The number of ether oxygens (including phenoxy) is 1. The Hall–Kier alpha value is -1.83. The predicted octanol–water partition coefficient (Wildman–Crippen LogP) is 2.83. The number of rotatable bonds is 4. The molecule has 104 valence electrons. The van der Waals surface area contributed by atoms with E-state index in [4.69, 9.17) is 10.1 Å². The van der Waals surface area contributed by atoms with Gasteiger partial charge in [0, 0.05) is 21.9 Å².